The topological polar surface area (TPSA) is 41.5 Å². The monoisotopic (exact) mass is 303 g/mol. The number of ether oxygens (including phenoxy) is 1. The molecule has 2 rings (SSSR count). The fraction of sp³-hybridized carbons (Fsp3) is 0.231. The molecule has 1 heterocycles. The summed E-state index contributed by atoms with van der Waals surface area (Å²) in [5, 5.41) is 13.7. The molecule has 0 fully saturated rings. The average molecular weight is 303 g/mol. The van der Waals surface area contributed by atoms with Gasteiger partial charge in [0.2, 0.25) is 5.06 Å². The maximum Gasteiger partial charge on any atom is 0.416 e. The number of anilines is 1. The van der Waals surface area contributed by atoms with Crippen LogP contribution < -0.4 is 10.1 Å². The van der Waals surface area contributed by atoms with Crippen molar-refractivity contribution >= 4 is 16.3 Å². The summed E-state index contributed by atoms with van der Waals surface area (Å²) in [6.45, 7) is 0. The van der Waals surface area contributed by atoms with Crippen molar-refractivity contribution in [1.29, 1.82) is 0 Å². The summed E-state index contributed by atoms with van der Waals surface area (Å²) >= 11 is 1.13. The van der Waals surface area contributed by atoms with E-state index in [0.717, 1.165) is 23.5 Å². The number of methoxy groups -OCH3 is 1. The highest BCUT2D eigenvalue weighted by Gasteiger charge is 2.31. The molecular weight excluding hydrogens is 291 g/mol. The smallest absolute Gasteiger partial charge is 0.416 e. The van der Waals surface area contributed by atoms with Crippen LogP contribution in [0.25, 0.3) is 11.1 Å². The Labute approximate surface area is 117 Å². The van der Waals surface area contributed by atoms with Crippen LogP contribution in [0, 0.1) is 0 Å². The van der Waals surface area contributed by atoms with Crippen molar-refractivity contribution in [2.24, 2.45) is 0 Å². The van der Waals surface area contributed by atoms with Gasteiger partial charge in [-0.1, -0.05) is 23.5 Å². The lowest BCUT2D eigenvalue weighted by atomic mass is 10.0. The second-order valence-electron chi connectivity index (χ2n) is 3.97. The van der Waals surface area contributed by atoms with Crippen LogP contribution in [-0.2, 0) is 6.18 Å². The Bertz CT molecular complexity index is 623. The van der Waals surface area contributed by atoms with Gasteiger partial charge in [-0.2, -0.15) is 13.2 Å². The zero-order chi connectivity index (χ0) is 14.9. The number of alkyl halides is 3. The van der Waals surface area contributed by atoms with Crippen LogP contribution in [-0.4, -0.2) is 19.3 Å². The van der Waals surface area contributed by atoms with E-state index in [9.17, 15) is 18.3 Å². The van der Waals surface area contributed by atoms with Gasteiger partial charge in [-0.3, -0.25) is 0 Å². The zero-order valence-electron chi connectivity index (χ0n) is 10.7. The first-order valence-electron chi connectivity index (χ1n) is 5.63. The zero-order valence-corrected chi connectivity index (χ0v) is 11.5. The van der Waals surface area contributed by atoms with Gasteiger partial charge in [-0.15, -0.1) is 0 Å². The predicted molar refractivity (Wildman–Crippen MR) is 72.5 cm³/mol. The first kappa shape index (κ1) is 14.5. The molecular formula is C13H12F3NO2S. The van der Waals surface area contributed by atoms with E-state index in [2.05, 4.69) is 5.32 Å². The molecule has 0 amide bonds. The molecule has 0 atom stereocenters. The number of hydrogen-bond donors (Lipinski definition) is 2. The minimum absolute atomic E-state index is 0.166. The fourth-order valence-corrected chi connectivity index (χ4v) is 2.72. The van der Waals surface area contributed by atoms with E-state index >= 15 is 0 Å². The van der Waals surface area contributed by atoms with Crippen LogP contribution in [0.3, 0.4) is 0 Å². The molecule has 0 unspecified atom stereocenters. The van der Waals surface area contributed by atoms with Gasteiger partial charge in [0.05, 0.1) is 18.2 Å². The molecule has 0 aliphatic carbocycles. The predicted octanol–water partition coefficient (Wildman–Crippen LogP) is 4.19. The average Bonchev–Trinajstić information content (AvgIpc) is 2.74. The third-order valence-corrected chi connectivity index (χ3v) is 3.90. The van der Waals surface area contributed by atoms with E-state index in [1.54, 1.807) is 7.05 Å². The minimum atomic E-state index is -4.43. The number of thiophene rings is 1. The van der Waals surface area contributed by atoms with E-state index in [1.165, 1.54) is 19.2 Å². The molecule has 7 heteroatoms. The number of hydrogen-bond acceptors (Lipinski definition) is 4. The van der Waals surface area contributed by atoms with Crippen LogP contribution >= 0.6 is 11.3 Å². The highest BCUT2D eigenvalue weighted by Crippen LogP contribution is 2.50. The van der Waals surface area contributed by atoms with Crippen molar-refractivity contribution in [3.05, 3.63) is 29.8 Å². The van der Waals surface area contributed by atoms with Crippen LogP contribution in [0.4, 0.5) is 18.2 Å². The normalized spacial score (nSPS) is 11.4. The number of benzene rings is 1. The molecule has 0 aliphatic rings. The number of rotatable bonds is 3. The fourth-order valence-electron chi connectivity index (χ4n) is 1.83. The van der Waals surface area contributed by atoms with Crippen molar-refractivity contribution < 1.29 is 23.0 Å². The molecule has 3 nitrogen and oxygen atoms in total. The molecule has 20 heavy (non-hydrogen) atoms. The van der Waals surface area contributed by atoms with Crippen LogP contribution in [0.15, 0.2) is 24.3 Å². The first-order valence-corrected chi connectivity index (χ1v) is 6.45. The van der Waals surface area contributed by atoms with Crippen molar-refractivity contribution in [1.82, 2.24) is 0 Å². The van der Waals surface area contributed by atoms with E-state index in [1.807, 2.05) is 0 Å². The number of aromatic hydroxyl groups is 1. The summed E-state index contributed by atoms with van der Waals surface area (Å²) < 4.78 is 43.2. The number of nitrogens with one attached hydrogen (secondary N) is 1. The second-order valence-corrected chi connectivity index (χ2v) is 4.96. The standard InChI is InChI=1S/C13H12F3NO2S/c1-17-11-9(10(18)12(19-2)20-11)7-4-3-5-8(6-7)13(14,15)16/h3-6,17-18H,1-2H3. The summed E-state index contributed by atoms with van der Waals surface area (Å²) in [5.41, 5.74) is -0.178. The summed E-state index contributed by atoms with van der Waals surface area (Å²) in [7, 11) is 3.02. The van der Waals surface area contributed by atoms with Crippen molar-refractivity contribution in [2.75, 3.05) is 19.5 Å². The Balaban J connectivity index is 2.60. The second kappa shape index (κ2) is 5.24. The van der Waals surface area contributed by atoms with E-state index in [4.69, 9.17) is 4.74 Å². The molecule has 2 aromatic rings. The Kier molecular flexibility index (Phi) is 3.80. The van der Waals surface area contributed by atoms with Crippen LogP contribution in [0.1, 0.15) is 5.56 Å². The molecule has 108 valence electrons. The van der Waals surface area contributed by atoms with Gasteiger partial charge in [0.25, 0.3) is 0 Å². The quantitative estimate of drug-likeness (QED) is 0.893. The first-order chi connectivity index (χ1) is 9.38. The van der Waals surface area contributed by atoms with Gasteiger partial charge in [0, 0.05) is 7.05 Å². The molecule has 1 aromatic heterocycles. The number of halogens is 3. The summed E-state index contributed by atoms with van der Waals surface area (Å²) in [6, 6.07) is 4.81. The molecule has 0 bridgehead atoms. The van der Waals surface area contributed by atoms with Gasteiger partial charge in [0.1, 0.15) is 5.00 Å². The molecule has 0 aliphatic heterocycles. The van der Waals surface area contributed by atoms with Gasteiger partial charge in [0.15, 0.2) is 5.75 Å². The summed E-state index contributed by atoms with van der Waals surface area (Å²) in [4.78, 5) is 0. The Morgan fingerprint density at radius 2 is 2.00 bits per heavy atom. The van der Waals surface area contributed by atoms with Crippen molar-refractivity contribution in [2.45, 2.75) is 6.18 Å². The molecule has 0 spiro atoms. The summed E-state index contributed by atoms with van der Waals surface area (Å²) in [6.07, 6.45) is -4.43. The lowest BCUT2D eigenvalue weighted by molar-refractivity contribution is -0.137. The van der Waals surface area contributed by atoms with Crippen LogP contribution in [0.5, 0.6) is 10.8 Å². The molecule has 0 saturated carbocycles. The third-order valence-electron chi connectivity index (χ3n) is 2.74. The van der Waals surface area contributed by atoms with E-state index in [-0.39, 0.29) is 16.4 Å². The lowest BCUT2D eigenvalue weighted by Crippen LogP contribution is -2.04. The Morgan fingerprint density at radius 1 is 1.30 bits per heavy atom. The maximum absolute atomic E-state index is 12.7. The van der Waals surface area contributed by atoms with E-state index < -0.39 is 11.7 Å². The maximum atomic E-state index is 12.7. The van der Waals surface area contributed by atoms with Crippen molar-refractivity contribution in [3.8, 4) is 21.9 Å². The molecule has 1 aromatic carbocycles. The van der Waals surface area contributed by atoms with E-state index in [0.29, 0.717) is 10.6 Å². The summed E-state index contributed by atoms with van der Waals surface area (Å²) in [5.74, 6) is -0.166. The third kappa shape index (κ3) is 2.53. The lowest BCUT2D eigenvalue weighted by Gasteiger charge is -2.09. The minimum Gasteiger partial charge on any atom is -0.503 e. The highest BCUT2D eigenvalue weighted by atomic mass is 32.1. The van der Waals surface area contributed by atoms with Gasteiger partial charge in [-0.05, 0) is 17.7 Å². The molecule has 0 saturated heterocycles. The largest absolute Gasteiger partial charge is 0.503 e. The van der Waals surface area contributed by atoms with Gasteiger partial charge < -0.3 is 15.2 Å². The van der Waals surface area contributed by atoms with Gasteiger partial charge in [-0.25, -0.2) is 0 Å². The Hall–Kier alpha value is -1.89. The molecule has 0 radical (unpaired) electrons. The molecule has 2 N–H and O–H groups in total. The highest BCUT2D eigenvalue weighted by molar-refractivity contribution is 7.19. The Morgan fingerprint density at radius 3 is 2.55 bits per heavy atom. The van der Waals surface area contributed by atoms with Crippen molar-refractivity contribution in [3.63, 3.8) is 0 Å². The SMILES string of the molecule is CNc1sc(OC)c(O)c1-c1cccc(C(F)(F)F)c1. The van der Waals surface area contributed by atoms with Gasteiger partial charge >= 0.3 is 6.18 Å². The van der Waals surface area contributed by atoms with Crippen LogP contribution in [0.2, 0.25) is 0 Å².